The van der Waals surface area contributed by atoms with Gasteiger partial charge in [0.15, 0.2) is 0 Å². The predicted molar refractivity (Wildman–Crippen MR) is 76.3 cm³/mol. The number of hydrogen-bond donors (Lipinski definition) is 1. The molecule has 1 amide bonds. The molecule has 1 aromatic rings. The largest absolute Gasteiger partial charge is 0.365 e. The Morgan fingerprint density at radius 2 is 2.21 bits per heavy atom. The lowest BCUT2D eigenvalue weighted by molar-refractivity contribution is 0.100. The molecule has 1 fully saturated rings. The lowest BCUT2D eigenvalue weighted by Gasteiger charge is -2.24. The summed E-state index contributed by atoms with van der Waals surface area (Å²) in [7, 11) is 4.24. The fourth-order valence-electron chi connectivity index (χ4n) is 2.65. The molecule has 0 radical (unpaired) electrons. The van der Waals surface area contributed by atoms with E-state index in [1.165, 1.54) is 6.42 Å². The maximum Gasteiger partial charge on any atom is 0.252 e. The van der Waals surface area contributed by atoms with Crippen molar-refractivity contribution in [2.75, 3.05) is 32.1 Å². The van der Waals surface area contributed by atoms with Crippen LogP contribution in [-0.2, 0) is 0 Å². The zero-order chi connectivity index (χ0) is 13.8. The van der Waals surface area contributed by atoms with Crippen molar-refractivity contribution >= 4 is 11.7 Å². The van der Waals surface area contributed by atoms with E-state index >= 15 is 0 Å². The highest BCUT2D eigenvalue weighted by Gasteiger charge is 2.21. The molecule has 0 unspecified atom stereocenters. The summed E-state index contributed by atoms with van der Waals surface area (Å²) >= 11 is 0. The molecule has 104 valence electrons. The van der Waals surface area contributed by atoms with Gasteiger partial charge in [-0.2, -0.15) is 0 Å². The molecule has 1 aliphatic rings. The Kier molecular flexibility index (Phi) is 4.37. The lowest BCUT2D eigenvalue weighted by atomic mass is 10.1. The predicted octanol–water partition coefficient (Wildman–Crippen LogP) is 1.10. The molecule has 2 heterocycles. The van der Waals surface area contributed by atoms with Crippen molar-refractivity contribution < 1.29 is 4.79 Å². The van der Waals surface area contributed by atoms with E-state index in [-0.39, 0.29) is 0 Å². The second kappa shape index (κ2) is 6.02. The van der Waals surface area contributed by atoms with Crippen LogP contribution in [-0.4, -0.2) is 49.0 Å². The first kappa shape index (κ1) is 13.8. The second-order valence-electron chi connectivity index (χ2n) is 5.27. The molecule has 19 heavy (non-hydrogen) atoms. The van der Waals surface area contributed by atoms with Crippen LogP contribution in [0.1, 0.15) is 29.6 Å². The standard InChI is InChI=1S/C14H22N4O/c1-17(2)11-5-4-9-18(10-7-11)14-12(13(15)19)6-3-8-16-14/h3,6,8,11H,4-5,7,9-10H2,1-2H3,(H2,15,19)/t11-/m0/s1. The fourth-order valence-corrected chi connectivity index (χ4v) is 2.65. The van der Waals surface area contributed by atoms with Crippen LogP contribution in [0.25, 0.3) is 0 Å². The zero-order valence-corrected chi connectivity index (χ0v) is 11.7. The molecule has 1 atom stereocenters. The Labute approximate surface area is 114 Å². The zero-order valence-electron chi connectivity index (χ0n) is 11.7. The van der Waals surface area contributed by atoms with Crippen LogP contribution >= 0.6 is 0 Å². The van der Waals surface area contributed by atoms with Gasteiger partial charge in [-0.3, -0.25) is 4.79 Å². The smallest absolute Gasteiger partial charge is 0.252 e. The minimum atomic E-state index is -0.406. The Balaban J connectivity index is 2.16. The van der Waals surface area contributed by atoms with Gasteiger partial charge in [0.1, 0.15) is 5.82 Å². The number of carbonyl (C=O) groups is 1. The molecule has 1 saturated heterocycles. The van der Waals surface area contributed by atoms with E-state index < -0.39 is 5.91 Å². The maximum absolute atomic E-state index is 11.5. The number of aromatic nitrogens is 1. The maximum atomic E-state index is 11.5. The third-order valence-electron chi connectivity index (χ3n) is 3.78. The van der Waals surface area contributed by atoms with E-state index in [4.69, 9.17) is 5.73 Å². The molecular formula is C14H22N4O. The molecule has 1 aromatic heterocycles. The van der Waals surface area contributed by atoms with Gasteiger partial charge in [-0.05, 0) is 45.5 Å². The minimum Gasteiger partial charge on any atom is -0.365 e. The molecule has 5 heteroatoms. The van der Waals surface area contributed by atoms with Gasteiger partial charge >= 0.3 is 0 Å². The second-order valence-corrected chi connectivity index (χ2v) is 5.27. The average molecular weight is 262 g/mol. The van der Waals surface area contributed by atoms with Crippen LogP contribution in [0, 0.1) is 0 Å². The topological polar surface area (TPSA) is 62.5 Å². The number of hydrogen-bond acceptors (Lipinski definition) is 4. The van der Waals surface area contributed by atoms with Crippen molar-refractivity contribution in [2.24, 2.45) is 5.73 Å². The summed E-state index contributed by atoms with van der Waals surface area (Å²) in [6.07, 6.45) is 5.09. The number of rotatable bonds is 3. The molecule has 0 aliphatic carbocycles. The number of anilines is 1. The summed E-state index contributed by atoms with van der Waals surface area (Å²) in [6.45, 7) is 1.85. The van der Waals surface area contributed by atoms with Crippen LogP contribution in [0.15, 0.2) is 18.3 Å². The third-order valence-corrected chi connectivity index (χ3v) is 3.78. The van der Waals surface area contributed by atoms with E-state index in [2.05, 4.69) is 28.9 Å². The fraction of sp³-hybridized carbons (Fsp3) is 0.571. The molecular weight excluding hydrogens is 240 g/mol. The van der Waals surface area contributed by atoms with E-state index in [0.717, 1.165) is 31.7 Å². The first-order valence-corrected chi connectivity index (χ1v) is 6.76. The van der Waals surface area contributed by atoms with Crippen LogP contribution in [0.2, 0.25) is 0 Å². The summed E-state index contributed by atoms with van der Waals surface area (Å²) in [6, 6.07) is 4.11. The Bertz CT molecular complexity index is 447. The normalized spacial score (nSPS) is 20.4. The van der Waals surface area contributed by atoms with E-state index in [9.17, 15) is 4.79 Å². The van der Waals surface area contributed by atoms with Crippen LogP contribution in [0.4, 0.5) is 5.82 Å². The summed E-state index contributed by atoms with van der Waals surface area (Å²) in [5.41, 5.74) is 5.94. The van der Waals surface area contributed by atoms with Gasteiger partial charge in [-0.15, -0.1) is 0 Å². The van der Waals surface area contributed by atoms with E-state index in [1.54, 1.807) is 18.3 Å². The minimum absolute atomic E-state index is 0.406. The van der Waals surface area contributed by atoms with Crippen molar-refractivity contribution in [3.63, 3.8) is 0 Å². The average Bonchev–Trinajstić information content (AvgIpc) is 2.64. The quantitative estimate of drug-likeness (QED) is 0.886. The number of primary amides is 1. The third kappa shape index (κ3) is 3.23. The number of nitrogens with zero attached hydrogens (tertiary/aromatic N) is 3. The van der Waals surface area contributed by atoms with Crippen molar-refractivity contribution in [2.45, 2.75) is 25.3 Å². The highest BCUT2D eigenvalue weighted by Crippen LogP contribution is 2.22. The SMILES string of the molecule is CN(C)[C@H]1CCCN(c2ncccc2C(N)=O)CC1. The molecule has 0 aromatic carbocycles. The number of nitrogens with two attached hydrogens (primary N) is 1. The number of carbonyl (C=O) groups excluding carboxylic acids is 1. The highest BCUT2D eigenvalue weighted by molar-refractivity contribution is 5.97. The van der Waals surface area contributed by atoms with E-state index in [1.807, 2.05) is 0 Å². The Hall–Kier alpha value is -1.62. The molecule has 5 nitrogen and oxygen atoms in total. The van der Waals surface area contributed by atoms with Gasteiger partial charge in [-0.25, -0.2) is 4.98 Å². The van der Waals surface area contributed by atoms with Crippen molar-refractivity contribution in [1.29, 1.82) is 0 Å². The van der Waals surface area contributed by atoms with Gasteiger partial charge in [-0.1, -0.05) is 0 Å². The van der Waals surface area contributed by atoms with Crippen molar-refractivity contribution in [1.82, 2.24) is 9.88 Å². The molecule has 1 aliphatic heterocycles. The molecule has 0 spiro atoms. The van der Waals surface area contributed by atoms with E-state index in [0.29, 0.717) is 11.6 Å². The van der Waals surface area contributed by atoms with Gasteiger partial charge in [0.2, 0.25) is 0 Å². The monoisotopic (exact) mass is 262 g/mol. The number of pyridine rings is 1. The summed E-state index contributed by atoms with van der Waals surface area (Å²) in [5.74, 6) is 0.325. The molecule has 0 saturated carbocycles. The van der Waals surface area contributed by atoms with Gasteiger partial charge in [0, 0.05) is 25.3 Å². The number of amides is 1. The van der Waals surface area contributed by atoms with Gasteiger partial charge in [0.05, 0.1) is 5.56 Å². The molecule has 2 N–H and O–H groups in total. The van der Waals surface area contributed by atoms with Gasteiger partial charge < -0.3 is 15.5 Å². The summed E-state index contributed by atoms with van der Waals surface area (Å²) < 4.78 is 0. The van der Waals surface area contributed by atoms with Crippen LogP contribution in [0.3, 0.4) is 0 Å². The first-order valence-electron chi connectivity index (χ1n) is 6.76. The molecule has 2 rings (SSSR count). The lowest BCUT2D eigenvalue weighted by Crippen LogP contribution is -2.31. The Morgan fingerprint density at radius 3 is 2.89 bits per heavy atom. The molecule has 0 bridgehead atoms. The first-order chi connectivity index (χ1) is 9.09. The summed E-state index contributed by atoms with van der Waals surface area (Å²) in [4.78, 5) is 20.3. The van der Waals surface area contributed by atoms with Crippen LogP contribution in [0.5, 0.6) is 0 Å². The Morgan fingerprint density at radius 1 is 1.42 bits per heavy atom. The van der Waals surface area contributed by atoms with Gasteiger partial charge in [0.25, 0.3) is 5.91 Å². The summed E-state index contributed by atoms with van der Waals surface area (Å²) in [5, 5.41) is 0. The van der Waals surface area contributed by atoms with Crippen LogP contribution < -0.4 is 10.6 Å². The van der Waals surface area contributed by atoms with Crippen molar-refractivity contribution in [3.05, 3.63) is 23.9 Å². The van der Waals surface area contributed by atoms with Crippen molar-refractivity contribution in [3.8, 4) is 0 Å². The highest BCUT2D eigenvalue weighted by atomic mass is 16.1.